The molecule has 0 spiro atoms. The predicted molar refractivity (Wildman–Crippen MR) is 64.4 cm³/mol. The summed E-state index contributed by atoms with van der Waals surface area (Å²) in [5.41, 5.74) is 0. The number of esters is 2. The first-order chi connectivity index (χ1) is 7.56. The number of carbonyl (C=O) groups is 2. The fourth-order valence-corrected chi connectivity index (χ4v) is 1.57. The lowest BCUT2D eigenvalue weighted by Crippen LogP contribution is -2.30. The molecule has 94 valence electrons. The molecule has 16 heavy (non-hydrogen) atoms. The van der Waals surface area contributed by atoms with Gasteiger partial charge in [0.25, 0.3) is 0 Å². The molecule has 1 atom stereocenters. The van der Waals surface area contributed by atoms with Gasteiger partial charge >= 0.3 is 11.9 Å². The molecule has 0 saturated carbocycles. The van der Waals surface area contributed by atoms with Gasteiger partial charge < -0.3 is 9.47 Å². The van der Waals surface area contributed by atoms with E-state index in [0.717, 1.165) is 6.42 Å². The Bertz CT molecular complexity index is 212. The van der Waals surface area contributed by atoms with E-state index in [-0.39, 0.29) is 18.0 Å². The Labute approximate surface area is 105 Å². The Morgan fingerprint density at radius 1 is 1.06 bits per heavy atom. The van der Waals surface area contributed by atoms with Gasteiger partial charge in [0.15, 0.2) is 5.92 Å². The number of alkyl halides is 1. The predicted octanol–water partition coefficient (Wildman–Crippen LogP) is 2.29. The van der Waals surface area contributed by atoms with Crippen molar-refractivity contribution < 1.29 is 19.1 Å². The molecular weight excluding hydrogens is 276 g/mol. The van der Waals surface area contributed by atoms with Gasteiger partial charge in [0, 0.05) is 4.83 Å². The van der Waals surface area contributed by atoms with E-state index in [1.165, 1.54) is 0 Å². The van der Waals surface area contributed by atoms with E-state index in [1.54, 1.807) is 13.8 Å². The molecule has 0 fully saturated rings. The number of hydrogen-bond donors (Lipinski definition) is 0. The van der Waals surface area contributed by atoms with Crippen LogP contribution in [0.25, 0.3) is 0 Å². The number of ether oxygens (including phenoxy) is 2. The second-order valence-corrected chi connectivity index (χ2v) is 4.59. The van der Waals surface area contributed by atoms with E-state index in [1.807, 2.05) is 6.92 Å². The minimum atomic E-state index is -0.816. The van der Waals surface area contributed by atoms with Crippen LogP contribution in [0.2, 0.25) is 0 Å². The molecule has 0 heterocycles. The third kappa shape index (κ3) is 5.49. The molecule has 0 saturated heterocycles. The first-order valence-electron chi connectivity index (χ1n) is 5.54. The molecule has 0 amide bonds. The summed E-state index contributed by atoms with van der Waals surface area (Å²) in [5.74, 6) is -1.82. The molecule has 0 aromatic rings. The maximum Gasteiger partial charge on any atom is 0.320 e. The van der Waals surface area contributed by atoms with Gasteiger partial charge in [-0.3, -0.25) is 9.59 Å². The molecule has 4 nitrogen and oxygen atoms in total. The Hall–Kier alpha value is -0.580. The summed E-state index contributed by atoms with van der Waals surface area (Å²) < 4.78 is 9.71. The summed E-state index contributed by atoms with van der Waals surface area (Å²) in [6.45, 7) is 5.95. The van der Waals surface area contributed by atoms with Gasteiger partial charge in [-0.25, -0.2) is 0 Å². The van der Waals surface area contributed by atoms with Crippen LogP contribution >= 0.6 is 15.9 Å². The molecule has 0 aliphatic rings. The SMILES string of the molecule is CCOC(=O)C(CC(Br)CC)C(=O)OCC. The molecule has 0 radical (unpaired) electrons. The molecule has 0 N–H and O–H groups in total. The second-order valence-electron chi connectivity index (χ2n) is 3.30. The third-order valence-electron chi connectivity index (χ3n) is 2.08. The van der Waals surface area contributed by atoms with Crippen molar-refractivity contribution in [1.29, 1.82) is 0 Å². The van der Waals surface area contributed by atoms with Crippen LogP contribution in [-0.4, -0.2) is 30.0 Å². The molecule has 0 aromatic carbocycles. The van der Waals surface area contributed by atoms with Crippen molar-refractivity contribution in [3.8, 4) is 0 Å². The summed E-state index contributed by atoms with van der Waals surface area (Å²) in [6, 6.07) is 0. The molecule has 0 aliphatic heterocycles. The van der Waals surface area contributed by atoms with Crippen molar-refractivity contribution >= 4 is 27.9 Å². The van der Waals surface area contributed by atoms with E-state index in [0.29, 0.717) is 6.42 Å². The Kier molecular flexibility index (Phi) is 8.25. The maximum atomic E-state index is 11.6. The average Bonchev–Trinajstić information content (AvgIpc) is 2.25. The number of hydrogen-bond acceptors (Lipinski definition) is 4. The van der Waals surface area contributed by atoms with E-state index in [2.05, 4.69) is 15.9 Å². The quantitative estimate of drug-likeness (QED) is 0.411. The first kappa shape index (κ1) is 15.4. The molecule has 0 bridgehead atoms. The highest BCUT2D eigenvalue weighted by Crippen LogP contribution is 2.19. The summed E-state index contributed by atoms with van der Waals surface area (Å²) >= 11 is 3.40. The van der Waals surface area contributed by atoms with Crippen molar-refractivity contribution in [2.75, 3.05) is 13.2 Å². The number of halogens is 1. The van der Waals surface area contributed by atoms with E-state index < -0.39 is 17.9 Å². The number of rotatable bonds is 7. The standard InChI is InChI=1S/C11H19BrO4/c1-4-8(12)7-9(10(13)15-5-2)11(14)16-6-3/h8-9H,4-7H2,1-3H3. The van der Waals surface area contributed by atoms with Gasteiger partial charge in [-0.05, 0) is 26.7 Å². The normalized spacial score (nSPS) is 12.3. The second kappa shape index (κ2) is 8.56. The van der Waals surface area contributed by atoms with Crippen molar-refractivity contribution in [1.82, 2.24) is 0 Å². The largest absolute Gasteiger partial charge is 0.465 e. The van der Waals surface area contributed by atoms with Gasteiger partial charge in [0.05, 0.1) is 13.2 Å². The molecular formula is C11H19BrO4. The topological polar surface area (TPSA) is 52.6 Å². The van der Waals surface area contributed by atoms with Crippen molar-refractivity contribution in [3.63, 3.8) is 0 Å². The Balaban J connectivity index is 4.49. The summed E-state index contributed by atoms with van der Waals surface area (Å²) in [7, 11) is 0. The fourth-order valence-electron chi connectivity index (χ4n) is 1.20. The molecule has 0 rings (SSSR count). The zero-order valence-corrected chi connectivity index (χ0v) is 11.6. The first-order valence-corrected chi connectivity index (χ1v) is 6.45. The lowest BCUT2D eigenvalue weighted by Gasteiger charge is -2.16. The lowest BCUT2D eigenvalue weighted by atomic mass is 10.0. The van der Waals surface area contributed by atoms with Crippen LogP contribution in [0, 0.1) is 5.92 Å². The van der Waals surface area contributed by atoms with E-state index >= 15 is 0 Å². The monoisotopic (exact) mass is 294 g/mol. The van der Waals surface area contributed by atoms with Crippen LogP contribution in [0.15, 0.2) is 0 Å². The smallest absolute Gasteiger partial charge is 0.320 e. The molecule has 0 aromatic heterocycles. The summed E-state index contributed by atoms with van der Waals surface area (Å²) in [4.78, 5) is 23.3. The summed E-state index contributed by atoms with van der Waals surface area (Å²) in [5, 5.41) is 0. The van der Waals surface area contributed by atoms with Crippen LogP contribution in [0.4, 0.5) is 0 Å². The van der Waals surface area contributed by atoms with E-state index in [4.69, 9.17) is 9.47 Å². The van der Waals surface area contributed by atoms with Crippen LogP contribution in [-0.2, 0) is 19.1 Å². The Morgan fingerprint density at radius 2 is 1.50 bits per heavy atom. The van der Waals surface area contributed by atoms with Gasteiger partial charge in [0.1, 0.15) is 0 Å². The van der Waals surface area contributed by atoms with Crippen molar-refractivity contribution in [2.24, 2.45) is 5.92 Å². The van der Waals surface area contributed by atoms with Gasteiger partial charge in [-0.15, -0.1) is 0 Å². The number of carbonyl (C=O) groups excluding carboxylic acids is 2. The van der Waals surface area contributed by atoms with E-state index in [9.17, 15) is 9.59 Å². The van der Waals surface area contributed by atoms with Crippen LogP contribution in [0.1, 0.15) is 33.6 Å². The highest BCUT2D eigenvalue weighted by atomic mass is 79.9. The maximum absolute atomic E-state index is 11.6. The highest BCUT2D eigenvalue weighted by Gasteiger charge is 2.31. The third-order valence-corrected chi connectivity index (χ3v) is 3.10. The van der Waals surface area contributed by atoms with Crippen molar-refractivity contribution in [3.05, 3.63) is 0 Å². The van der Waals surface area contributed by atoms with Crippen molar-refractivity contribution in [2.45, 2.75) is 38.4 Å². The molecule has 5 heteroatoms. The van der Waals surface area contributed by atoms with Crippen LogP contribution in [0.5, 0.6) is 0 Å². The zero-order valence-electron chi connectivity index (χ0n) is 9.99. The Morgan fingerprint density at radius 3 is 1.81 bits per heavy atom. The summed E-state index contributed by atoms with van der Waals surface area (Å²) in [6.07, 6.45) is 1.25. The zero-order chi connectivity index (χ0) is 12.6. The minimum Gasteiger partial charge on any atom is -0.465 e. The van der Waals surface area contributed by atoms with Crippen LogP contribution < -0.4 is 0 Å². The minimum absolute atomic E-state index is 0.117. The fraction of sp³-hybridized carbons (Fsp3) is 0.818. The van der Waals surface area contributed by atoms with Gasteiger partial charge in [-0.2, -0.15) is 0 Å². The molecule has 0 aliphatic carbocycles. The van der Waals surface area contributed by atoms with Gasteiger partial charge in [0.2, 0.25) is 0 Å². The molecule has 1 unspecified atom stereocenters. The lowest BCUT2D eigenvalue weighted by molar-refractivity contribution is -0.161. The average molecular weight is 295 g/mol. The highest BCUT2D eigenvalue weighted by molar-refractivity contribution is 9.09. The van der Waals surface area contributed by atoms with Crippen LogP contribution in [0.3, 0.4) is 0 Å². The van der Waals surface area contributed by atoms with Gasteiger partial charge in [-0.1, -0.05) is 22.9 Å².